The van der Waals surface area contributed by atoms with Gasteiger partial charge in [-0.25, -0.2) is 0 Å². The molecule has 2 aromatic heterocycles. The molecule has 2 aromatic rings. The number of hydrogen-bond acceptors (Lipinski definition) is 6. The predicted molar refractivity (Wildman–Crippen MR) is 77.7 cm³/mol. The Labute approximate surface area is 121 Å². The van der Waals surface area contributed by atoms with Crippen molar-refractivity contribution in [1.82, 2.24) is 25.3 Å². The molecule has 108 valence electrons. The summed E-state index contributed by atoms with van der Waals surface area (Å²) in [7, 11) is 0. The first kappa shape index (κ1) is 14.6. The van der Waals surface area contributed by atoms with Gasteiger partial charge in [0.1, 0.15) is 5.01 Å². The van der Waals surface area contributed by atoms with Crippen molar-refractivity contribution in [3.8, 4) is 0 Å². The van der Waals surface area contributed by atoms with Crippen LogP contribution in [-0.4, -0.2) is 38.5 Å². The zero-order valence-electron chi connectivity index (χ0n) is 11.7. The molecule has 2 heterocycles. The summed E-state index contributed by atoms with van der Waals surface area (Å²) < 4.78 is 1.86. The molecule has 0 fully saturated rings. The molecule has 0 saturated carbocycles. The predicted octanol–water partition coefficient (Wildman–Crippen LogP) is 1.22. The van der Waals surface area contributed by atoms with Crippen LogP contribution in [0.1, 0.15) is 24.9 Å². The fraction of sp³-hybridized carbons (Fsp3) is 0.500. The number of aryl methyl sites for hydroxylation is 1. The first-order valence-corrected chi connectivity index (χ1v) is 7.20. The van der Waals surface area contributed by atoms with Gasteiger partial charge in [0.2, 0.25) is 11.0 Å². The van der Waals surface area contributed by atoms with Gasteiger partial charge >= 0.3 is 0 Å². The zero-order chi connectivity index (χ0) is 14.5. The molecule has 0 spiro atoms. The second kappa shape index (κ2) is 6.58. The van der Waals surface area contributed by atoms with Crippen molar-refractivity contribution >= 4 is 22.4 Å². The van der Waals surface area contributed by atoms with Crippen molar-refractivity contribution in [1.29, 1.82) is 0 Å². The lowest BCUT2D eigenvalue weighted by molar-refractivity contribution is -0.115. The average Bonchev–Trinajstić information content (AvgIpc) is 3.07. The molecule has 0 saturated heterocycles. The van der Waals surface area contributed by atoms with E-state index in [9.17, 15) is 4.79 Å². The smallest absolute Gasteiger partial charge is 0.240 e. The van der Waals surface area contributed by atoms with E-state index >= 15 is 0 Å². The summed E-state index contributed by atoms with van der Waals surface area (Å²) in [5.41, 5.74) is 0. The number of nitrogens with zero attached hydrogens (tertiary/aromatic N) is 4. The molecule has 7 nitrogen and oxygen atoms in total. The highest BCUT2D eigenvalue weighted by molar-refractivity contribution is 7.15. The lowest BCUT2D eigenvalue weighted by Crippen LogP contribution is -2.39. The van der Waals surface area contributed by atoms with E-state index in [0.29, 0.717) is 5.13 Å². The Balaban J connectivity index is 1.78. The van der Waals surface area contributed by atoms with Gasteiger partial charge < -0.3 is 5.32 Å². The number of rotatable bonds is 6. The quantitative estimate of drug-likeness (QED) is 0.837. The summed E-state index contributed by atoms with van der Waals surface area (Å²) in [5.74, 6) is -0.124. The van der Waals surface area contributed by atoms with Gasteiger partial charge in [-0.15, -0.1) is 10.2 Å². The summed E-state index contributed by atoms with van der Waals surface area (Å²) in [6.07, 6.45) is 3.65. The molecular weight excluding hydrogens is 276 g/mol. The number of amides is 1. The summed E-state index contributed by atoms with van der Waals surface area (Å²) in [5, 5.41) is 19.1. The third kappa shape index (κ3) is 3.84. The van der Waals surface area contributed by atoms with Crippen LogP contribution in [0.5, 0.6) is 0 Å². The van der Waals surface area contributed by atoms with Gasteiger partial charge in [-0.1, -0.05) is 11.3 Å². The van der Waals surface area contributed by atoms with Gasteiger partial charge in [-0.05, 0) is 26.8 Å². The van der Waals surface area contributed by atoms with Crippen molar-refractivity contribution in [2.24, 2.45) is 0 Å². The number of aromatic nitrogens is 4. The summed E-state index contributed by atoms with van der Waals surface area (Å²) in [6, 6.07) is 2.17. The monoisotopic (exact) mass is 294 g/mol. The van der Waals surface area contributed by atoms with Crippen LogP contribution in [0.2, 0.25) is 0 Å². The Kier molecular flexibility index (Phi) is 4.80. The van der Waals surface area contributed by atoms with Crippen LogP contribution in [0, 0.1) is 6.92 Å². The van der Waals surface area contributed by atoms with Crippen LogP contribution in [0.15, 0.2) is 18.5 Å². The standard InChI is InChI=1S/C12H18N6OS/c1-8(9(2)18-6-4-5-14-18)13-7-11(19)15-12-17-16-10(3)20-12/h4-6,8-9,13H,7H2,1-3H3,(H,15,17,19)/t8-,9+/m0/s1. The van der Waals surface area contributed by atoms with Crippen molar-refractivity contribution < 1.29 is 4.79 Å². The van der Waals surface area contributed by atoms with E-state index in [1.165, 1.54) is 11.3 Å². The highest BCUT2D eigenvalue weighted by atomic mass is 32.1. The molecule has 8 heteroatoms. The molecule has 2 atom stereocenters. The van der Waals surface area contributed by atoms with Gasteiger partial charge in [-0.3, -0.25) is 14.8 Å². The van der Waals surface area contributed by atoms with Gasteiger partial charge in [0, 0.05) is 18.4 Å². The maximum atomic E-state index is 11.8. The first-order chi connectivity index (χ1) is 9.56. The highest BCUT2D eigenvalue weighted by Gasteiger charge is 2.15. The minimum absolute atomic E-state index is 0.122. The van der Waals surface area contributed by atoms with Crippen molar-refractivity contribution in [2.45, 2.75) is 32.9 Å². The van der Waals surface area contributed by atoms with Crippen LogP contribution in [0.4, 0.5) is 5.13 Å². The largest absolute Gasteiger partial charge is 0.304 e. The molecule has 0 bridgehead atoms. The lowest BCUT2D eigenvalue weighted by atomic mass is 10.2. The van der Waals surface area contributed by atoms with Gasteiger partial charge in [0.25, 0.3) is 0 Å². The molecule has 2 N–H and O–H groups in total. The maximum absolute atomic E-state index is 11.8. The van der Waals surface area contributed by atoms with E-state index in [4.69, 9.17) is 0 Å². The average molecular weight is 294 g/mol. The van der Waals surface area contributed by atoms with Crippen molar-refractivity contribution in [3.05, 3.63) is 23.5 Å². The topological polar surface area (TPSA) is 84.7 Å². The number of anilines is 1. The van der Waals surface area contributed by atoms with Gasteiger partial charge in [0.15, 0.2) is 0 Å². The van der Waals surface area contributed by atoms with Crippen LogP contribution >= 0.6 is 11.3 Å². The Hall–Kier alpha value is -1.80. The van der Waals surface area contributed by atoms with E-state index in [-0.39, 0.29) is 24.5 Å². The minimum Gasteiger partial charge on any atom is -0.304 e. The first-order valence-electron chi connectivity index (χ1n) is 6.38. The SMILES string of the molecule is Cc1nnc(NC(=O)CN[C@@H](C)[C@@H](C)n2cccn2)s1. The normalized spacial score (nSPS) is 13.9. The van der Waals surface area contributed by atoms with Crippen molar-refractivity contribution in [2.75, 3.05) is 11.9 Å². The summed E-state index contributed by atoms with van der Waals surface area (Å²) in [6.45, 7) is 6.15. The van der Waals surface area contributed by atoms with E-state index in [1.807, 2.05) is 30.8 Å². The van der Waals surface area contributed by atoms with Crippen LogP contribution in [-0.2, 0) is 4.79 Å². The fourth-order valence-corrected chi connectivity index (χ4v) is 2.29. The molecule has 0 aliphatic rings. The van der Waals surface area contributed by atoms with Gasteiger partial charge in [-0.2, -0.15) is 5.10 Å². The third-order valence-electron chi connectivity index (χ3n) is 3.02. The van der Waals surface area contributed by atoms with Crippen LogP contribution in [0.25, 0.3) is 0 Å². The van der Waals surface area contributed by atoms with Gasteiger partial charge in [0.05, 0.1) is 12.6 Å². The molecular formula is C12H18N6OS. The fourth-order valence-electron chi connectivity index (χ4n) is 1.69. The Morgan fingerprint density at radius 1 is 1.45 bits per heavy atom. The van der Waals surface area contributed by atoms with E-state index in [1.54, 1.807) is 6.20 Å². The lowest BCUT2D eigenvalue weighted by Gasteiger charge is -2.21. The summed E-state index contributed by atoms with van der Waals surface area (Å²) >= 11 is 1.36. The Bertz CT molecular complexity index is 552. The molecule has 0 aliphatic heterocycles. The number of hydrogen-bond donors (Lipinski definition) is 2. The maximum Gasteiger partial charge on any atom is 0.240 e. The Morgan fingerprint density at radius 2 is 2.25 bits per heavy atom. The zero-order valence-corrected chi connectivity index (χ0v) is 12.5. The molecule has 0 aliphatic carbocycles. The highest BCUT2D eigenvalue weighted by Crippen LogP contribution is 2.13. The van der Waals surface area contributed by atoms with Crippen LogP contribution < -0.4 is 10.6 Å². The summed E-state index contributed by atoms with van der Waals surface area (Å²) in [4.78, 5) is 11.8. The van der Waals surface area contributed by atoms with E-state index in [0.717, 1.165) is 5.01 Å². The third-order valence-corrected chi connectivity index (χ3v) is 3.78. The number of carbonyl (C=O) groups excluding carboxylic acids is 1. The van der Waals surface area contributed by atoms with Crippen LogP contribution in [0.3, 0.4) is 0 Å². The number of nitrogens with one attached hydrogen (secondary N) is 2. The second-order valence-corrected chi connectivity index (χ2v) is 5.75. The number of carbonyl (C=O) groups is 1. The van der Waals surface area contributed by atoms with Crippen molar-refractivity contribution in [3.63, 3.8) is 0 Å². The van der Waals surface area contributed by atoms with E-state index in [2.05, 4.69) is 32.9 Å². The molecule has 0 radical (unpaired) electrons. The molecule has 20 heavy (non-hydrogen) atoms. The molecule has 0 aromatic carbocycles. The molecule has 2 rings (SSSR count). The van der Waals surface area contributed by atoms with E-state index < -0.39 is 0 Å². The molecule has 1 amide bonds. The minimum atomic E-state index is -0.124. The Morgan fingerprint density at radius 3 is 2.85 bits per heavy atom. The second-order valence-electron chi connectivity index (χ2n) is 4.57. The molecule has 0 unspecified atom stereocenters.